The SMILES string of the molecule is Cc1sc(NC(=O)c2c(C)c(-c3ccc(Cl)cc3Cl)nc3ccccc23)c(C#N)c1C. The molecule has 1 amide bonds. The fraction of sp³-hybridized carbons (Fsp3) is 0.125. The van der Waals surface area contributed by atoms with Crippen LogP contribution in [0.1, 0.15) is 31.9 Å². The van der Waals surface area contributed by atoms with Gasteiger partial charge in [0.15, 0.2) is 0 Å². The molecular formula is C24H17Cl2N3OS. The Hall–Kier alpha value is -2.91. The van der Waals surface area contributed by atoms with Crippen LogP contribution < -0.4 is 5.32 Å². The fourth-order valence-corrected chi connectivity index (χ4v) is 5.06. The van der Waals surface area contributed by atoms with Gasteiger partial charge in [0, 0.05) is 20.8 Å². The molecular weight excluding hydrogens is 449 g/mol. The first-order valence-corrected chi connectivity index (χ1v) is 11.0. The lowest BCUT2D eigenvalue weighted by molar-refractivity contribution is 0.102. The van der Waals surface area contributed by atoms with Crippen LogP contribution in [-0.4, -0.2) is 10.9 Å². The number of aromatic nitrogens is 1. The molecule has 0 bridgehead atoms. The second kappa shape index (κ2) is 8.32. The molecule has 2 aromatic carbocycles. The van der Waals surface area contributed by atoms with Gasteiger partial charge in [-0.25, -0.2) is 4.98 Å². The number of halogens is 2. The quantitative estimate of drug-likeness (QED) is 0.344. The third-order valence-electron chi connectivity index (χ3n) is 5.27. The second-order valence-electron chi connectivity index (χ2n) is 7.16. The van der Waals surface area contributed by atoms with Crippen LogP contribution in [0.15, 0.2) is 42.5 Å². The van der Waals surface area contributed by atoms with Gasteiger partial charge in [0.2, 0.25) is 0 Å². The third kappa shape index (κ3) is 3.79. The van der Waals surface area contributed by atoms with Crippen LogP contribution in [0.3, 0.4) is 0 Å². The lowest BCUT2D eigenvalue weighted by Crippen LogP contribution is -2.15. The number of thiophene rings is 1. The molecule has 31 heavy (non-hydrogen) atoms. The van der Waals surface area contributed by atoms with E-state index < -0.39 is 0 Å². The first kappa shape index (κ1) is 21.3. The summed E-state index contributed by atoms with van der Waals surface area (Å²) in [5.74, 6) is -0.291. The Labute approximate surface area is 194 Å². The number of nitriles is 1. The highest BCUT2D eigenvalue weighted by atomic mass is 35.5. The van der Waals surface area contributed by atoms with E-state index in [1.54, 1.807) is 18.2 Å². The predicted octanol–water partition coefficient (Wildman–Crippen LogP) is 7.32. The van der Waals surface area contributed by atoms with Gasteiger partial charge < -0.3 is 5.32 Å². The molecule has 0 aliphatic carbocycles. The van der Waals surface area contributed by atoms with Crippen LogP contribution in [0.5, 0.6) is 0 Å². The monoisotopic (exact) mass is 465 g/mol. The van der Waals surface area contributed by atoms with Gasteiger partial charge in [-0.2, -0.15) is 5.26 Å². The van der Waals surface area contributed by atoms with E-state index in [-0.39, 0.29) is 5.91 Å². The van der Waals surface area contributed by atoms with Crippen molar-refractivity contribution in [3.05, 3.63) is 79.6 Å². The average molecular weight is 466 g/mol. The number of carbonyl (C=O) groups excluding carboxylic acids is 1. The molecule has 2 aromatic heterocycles. The van der Waals surface area contributed by atoms with Crippen molar-refractivity contribution in [3.8, 4) is 17.3 Å². The number of hydrogen-bond donors (Lipinski definition) is 1. The van der Waals surface area contributed by atoms with Crippen molar-refractivity contribution in [2.75, 3.05) is 5.32 Å². The number of nitrogens with zero attached hydrogens (tertiary/aromatic N) is 2. The van der Waals surface area contributed by atoms with Crippen molar-refractivity contribution in [3.63, 3.8) is 0 Å². The first-order valence-electron chi connectivity index (χ1n) is 9.48. The van der Waals surface area contributed by atoms with Gasteiger partial charge in [0.05, 0.1) is 27.4 Å². The molecule has 0 atom stereocenters. The van der Waals surface area contributed by atoms with E-state index >= 15 is 0 Å². The molecule has 0 unspecified atom stereocenters. The topological polar surface area (TPSA) is 65.8 Å². The van der Waals surface area contributed by atoms with E-state index in [1.165, 1.54) is 11.3 Å². The summed E-state index contributed by atoms with van der Waals surface area (Å²) in [5.41, 5.74) is 4.57. The van der Waals surface area contributed by atoms with Gasteiger partial charge in [-0.15, -0.1) is 11.3 Å². The number of nitrogens with one attached hydrogen (secondary N) is 1. The van der Waals surface area contributed by atoms with Gasteiger partial charge in [0.25, 0.3) is 5.91 Å². The molecule has 0 aliphatic rings. The minimum Gasteiger partial charge on any atom is -0.312 e. The molecule has 0 saturated heterocycles. The van der Waals surface area contributed by atoms with Gasteiger partial charge in [-0.05, 0) is 56.2 Å². The maximum absolute atomic E-state index is 13.5. The van der Waals surface area contributed by atoms with Gasteiger partial charge in [-0.3, -0.25) is 4.79 Å². The van der Waals surface area contributed by atoms with E-state index in [0.29, 0.717) is 48.5 Å². The first-order chi connectivity index (χ1) is 14.8. The lowest BCUT2D eigenvalue weighted by Gasteiger charge is -2.15. The molecule has 0 saturated carbocycles. The number of amides is 1. The van der Waals surface area contributed by atoms with E-state index in [0.717, 1.165) is 15.8 Å². The molecule has 0 radical (unpaired) electrons. The molecule has 4 rings (SSSR count). The van der Waals surface area contributed by atoms with Crippen LogP contribution >= 0.6 is 34.5 Å². The highest BCUT2D eigenvalue weighted by molar-refractivity contribution is 7.16. The highest BCUT2D eigenvalue weighted by Gasteiger charge is 2.22. The number of carbonyl (C=O) groups is 1. The summed E-state index contributed by atoms with van der Waals surface area (Å²) in [6.45, 7) is 5.67. The highest BCUT2D eigenvalue weighted by Crippen LogP contribution is 2.36. The Kier molecular flexibility index (Phi) is 5.72. The summed E-state index contributed by atoms with van der Waals surface area (Å²) in [7, 11) is 0. The molecule has 4 nitrogen and oxygen atoms in total. The number of pyridine rings is 1. The van der Waals surface area contributed by atoms with E-state index in [1.807, 2.05) is 45.0 Å². The summed E-state index contributed by atoms with van der Waals surface area (Å²) in [6.07, 6.45) is 0. The number of aryl methyl sites for hydroxylation is 1. The van der Waals surface area contributed by atoms with Crippen molar-refractivity contribution < 1.29 is 4.79 Å². The Morgan fingerprint density at radius 1 is 1.10 bits per heavy atom. The summed E-state index contributed by atoms with van der Waals surface area (Å²) in [6, 6.07) is 14.9. The molecule has 4 aromatic rings. The predicted molar refractivity (Wildman–Crippen MR) is 128 cm³/mol. The van der Waals surface area contributed by atoms with Crippen LogP contribution in [0.4, 0.5) is 5.00 Å². The smallest absolute Gasteiger partial charge is 0.257 e. The third-order valence-corrected chi connectivity index (χ3v) is 6.94. The summed E-state index contributed by atoms with van der Waals surface area (Å²) >= 11 is 13.9. The van der Waals surface area contributed by atoms with Crippen molar-refractivity contribution in [1.29, 1.82) is 5.26 Å². The zero-order valence-corrected chi connectivity index (χ0v) is 19.3. The zero-order valence-electron chi connectivity index (χ0n) is 17.0. The minimum absolute atomic E-state index is 0.291. The second-order valence-corrected chi connectivity index (χ2v) is 9.22. The normalized spacial score (nSPS) is 10.8. The number of benzene rings is 2. The van der Waals surface area contributed by atoms with Crippen molar-refractivity contribution >= 4 is 56.3 Å². The Morgan fingerprint density at radius 3 is 2.55 bits per heavy atom. The number of para-hydroxylation sites is 1. The molecule has 2 heterocycles. The standard InChI is InChI=1S/C24H17Cl2N3OS/c1-12-14(3)31-24(18(12)11-27)29-23(30)21-13(2)22(16-9-8-15(25)10-19(16)26)28-20-7-5-4-6-17(20)21/h4-10H,1-3H3,(H,29,30). The Balaban J connectivity index is 1.91. The van der Waals surface area contributed by atoms with Gasteiger partial charge >= 0.3 is 0 Å². The van der Waals surface area contributed by atoms with E-state index in [9.17, 15) is 10.1 Å². The minimum atomic E-state index is -0.291. The number of hydrogen-bond acceptors (Lipinski definition) is 4. The maximum atomic E-state index is 13.5. The largest absolute Gasteiger partial charge is 0.312 e. The van der Waals surface area contributed by atoms with Crippen LogP contribution in [0.2, 0.25) is 10.0 Å². The number of rotatable bonds is 3. The maximum Gasteiger partial charge on any atom is 0.257 e. The average Bonchev–Trinajstić information content (AvgIpc) is 3.00. The summed E-state index contributed by atoms with van der Waals surface area (Å²) in [4.78, 5) is 19.2. The lowest BCUT2D eigenvalue weighted by atomic mass is 9.97. The van der Waals surface area contributed by atoms with E-state index in [4.69, 9.17) is 28.2 Å². The van der Waals surface area contributed by atoms with Gasteiger partial charge in [-0.1, -0.05) is 41.4 Å². The van der Waals surface area contributed by atoms with Crippen LogP contribution in [-0.2, 0) is 0 Å². The zero-order chi connectivity index (χ0) is 22.3. The Bertz CT molecular complexity index is 1400. The summed E-state index contributed by atoms with van der Waals surface area (Å²) < 4.78 is 0. The fourth-order valence-electron chi connectivity index (χ4n) is 3.56. The van der Waals surface area contributed by atoms with Crippen molar-refractivity contribution in [2.24, 2.45) is 0 Å². The molecule has 0 fully saturated rings. The Morgan fingerprint density at radius 2 is 1.84 bits per heavy atom. The molecule has 1 N–H and O–H groups in total. The molecule has 154 valence electrons. The number of fused-ring (bicyclic) bond motifs is 1. The van der Waals surface area contributed by atoms with Crippen LogP contribution in [0, 0.1) is 32.1 Å². The number of anilines is 1. The van der Waals surface area contributed by atoms with Gasteiger partial charge in [0.1, 0.15) is 11.1 Å². The molecule has 0 spiro atoms. The molecule has 7 heteroatoms. The molecule has 0 aliphatic heterocycles. The van der Waals surface area contributed by atoms with Crippen molar-refractivity contribution in [1.82, 2.24) is 4.98 Å². The van der Waals surface area contributed by atoms with Crippen molar-refractivity contribution in [2.45, 2.75) is 20.8 Å². The van der Waals surface area contributed by atoms with Crippen LogP contribution in [0.25, 0.3) is 22.2 Å². The van der Waals surface area contributed by atoms with E-state index in [2.05, 4.69) is 11.4 Å². The summed E-state index contributed by atoms with van der Waals surface area (Å²) in [5, 5.41) is 14.8.